The van der Waals surface area contributed by atoms with Gasteiger partial charge in [-0.1, -0.05) is 17.7 Å². The van der Waals surface area contributed by atoms with E-state index in [-0.39, 0.29) is 6.61 Å². The molecule has 5 nitrogen and oxygen atoms in total. The number of nitrogens with zero attached hydrogens (tertiary/aromatic N) is 1. The zero-order valence-corrected chi connectivity index (χ0v) is 16.9. The Morgan fingerprint density at radius 3 is 2.26 bits per heavy atom. The third-order valence-corrected chi connectivity index (χ3v) is 4.56. The SMILES string of the molecule is CCN(CC)c1ccc(C(=O)OCC(=O)Nc2c(C)cc(C)cc2Cl)cc1. The molecule has 2 aromatic rings. The smallest absolute Gasteiger partial charge is 0.338 e. The second-order valence-corrected chi connectivity index (χ2v) is 6.69. The minimum atomic E-state index is -0.539. The number of esters is 1. The van der Waals surface area contributed by atoms with E-state index in [0.29, 0.717) is 16.3 Å². The van der Waals surface area contributed by atoms with Crippen molar-refractivity contribution in [3.05, 3.63) is 58.1 Å². The van der Waals surface area contributed by atoms with Crippen molar-refractivity contribution in [1.82, 2.24) is 0 Å². The summed E-state index contributed by atoms with van der Waals surface area (Å²) >= 11 is 6.18. The molecule has 0 unspecified atom stereocenters. The quantitative estimate of drug-likeness (QED) is 0.704. The summed E-state index contributed by atoms with van der Waals surface area (Å²) in [5.41, 5.74) is 3.84. The van der Waals surface area contributed by atoms with Crippen molar-refractivity contribution in [2.45, 2.75) is 27.7 Å². The van der Waals surface area contributed by atoms with Crippen molar-refractivity contribution in [2.75, 3.05) is 29.9 Å². The zero-order valence-electron chi connectivity index (χ0n) is 16.1. The van der Waals surface area contributed by atoms with Crippen LogP contribution in [0.3, 0.4) is 0 Å². The van der Waals surface area contributed by atoms with E-state index in [2.05, 4.69) is 24.1 Å². The molecule has 0 radical (unpaired) electrons. The summed E-state index contributed by atoms with van der Waals surface area (Å²) in [6, 6.07) is 10.8. The van der Waals surface area contributed by atoms with Crippen LogP contribution in [0, 0.1) is 13.8 Å². The number of halogens is 1. The fourth-order valence-corrected chi connectivity index (χ4v) is 3.23. The molecule has 0 aromatic heterocycles. The Kier molecular flexibility index (Phi) is 7.25. The van der Waals surface area contributed by atoms with Crippen molar-refractivity contribution in [2.24, 2.45) is 0 Å². The van der Waals surface area contributed by atoms with Gasteiger partial charge in [0.05, 0.1) is 16.3 Å². The van der Waals surface area contributed by atoms with E-state index < -0.39 is 11.9 Å². The van der Waals surface area contributed by atoms with Gasteiger partial charge >= 0.3 is 5.97 Å². The normalized spacial score (nSPS) is 10.4. The molecule has 0 spiro atoms. The first-order chi connectivity index (χ1) is 12.8. The van der Waals surface area contributed by atoms with Crippen LogP contribution in [0.1, 0.15) is 35.3 Å². The van der Waals surface area contributed by atoms with Gasteiger partial charge in [-0.05, 0) is 69.2 Å². The van der Waals surface area contributed by atoms with Crippen LogP contribution in [0.25, 0.3) is 0 Å². The number of amides is 1. The molecule has 0 atom stereocenters. The predicted octanol–water partition coefficient (Wildman–Crippen LogP) is 4.60. The first kappa shape index (κ1) is 20.8. The number of carbonyl (C=O) groups excluding carboxylic acids is 2. The number of hydrogen-bond donors (Lipinski definition) is 1. The predicted molar refractivity (Wildman–Crippen MR) is 110 cm³/mol. The highest BCUT2D eigenvalue weighted by Gasteiger charge is 2.13. The summed E-state index contributed by atoms with van der Waals surface area (Å²) < 4.78 is 5.11. The molecule has 1 amide bonds. The Morgan fingerprint density at radius 1 is 1.07 bits per heavy atom. The van der Waals surface area contributed by atoms with Gasteiger partial charge < -0.3 is 15.0 Å². The van der Waals surface area contributed by atoms with Crippen molar-refractivity contribution < 1.29 is 14.3 Å². The summed E-state index contributed by atoms with van der Waals surface area (Å²) in [4.78, 5) is 26.4. The van der Waals surface area contributed by atoms with Crippen LogP contribution in [0.5, 0.6) is 0 Å². The van der Waals surface area contributed by atoms with Gasteiger partial charge in [0, 0.05) is 18.8 Å². The Hall–Kier alpha value is -2.53. The van der Waals surface area contributed by atoms with E-state index in [1.54, 1.807) is 18.2 Å². The Morgan fingerprint density at radius 2 is 1.70 bits per heavy atom. The maximum absolute atomic E-state index is 12.2. The molecule has 6 heteroatoms. The summed E-state index contributed by atoms with van der Waals surface area (Å²) in [5, 5.41) is 3.15. The van der Waals surface area contributed by atoms with E-state index >= 15 is 0 Å². The van der Waals surface area contributed by atoms with Crippen molar-refractivity contribution in [3.8, 4) is 0 Å². The molecule has 2 aromatic carbocycles. The Labute approximate surface area is 165 Å². The number of ether oxygens (including phenoxy) is 1. The average molecular weight is 389 g/mol. The molecular formula is C21H25ClN2O3. The summed E-state index contributed by atoms with van der Waals surface area (Å²) in [6.45, 7) is 9.34. The monoisotopic (exact) mass is 388 g/mol. The number of aryl methyl sites for hydroxylation is 2. The maximum Gasteiger partial charge on any atom is 0.338 e. The fourth-order valence-electron chi connectivity index (χ4n) is 2.86. The first-order valence-electron chi connectivity index (χ1n) is 8.94. The Balaban J connectivity index is 1.94. The minimum absolute atomic E-state index is 0.375. The molecule has 1 N–H and O–H groups in total. The van der Waals surface area contributed by atoms with Gasteiger partial charge in [-0.3, -0.25) is 4.79 Å². The average Bonchev–Trinajstić information content (AvgIpc) is 2.64. The lowest BCUT2D eigenvalue weighted by molar-refractivity contribution is -0.119. The number of rotatable bonds is 7. The van der Waals surface area contributed by atoms with Crippen LogP contribution in [0.2, 0.25) is 5.02 Å². The molecule has 0 aliphatic rings. The molecule has 0 bridgehead atoms. The highest BCUT2D eigenvalue weighted by atomic mass is 35.5. The molecule has 2 rings (SSSR count). The van der Waals surface area contributed by atoms with Crippen LogP contribution < -0.4 is 10.2 Å². The van der Waals surface area contributed by atoms with Crippen molar-refractivity contribution in [3.63, 3.8) is 0 Å². The molecule has 0 saturated carbocycles. The lowest BCUT2D eigenvalue weighted by Gasteiger charge is -2.20. The molecule has 144 valence electrons. The summed E-state index contributed by atoms with van der Waals surface area (Å²) in [6.07, 6.45) is 0. The summed E-state index contributed by atoms with van der Waals surface area (Å²) in [5.74, 6) is -0.972. The molecule has 0 fully saturated rings. The zero-order chi connectivity index (χ0) is 20.0. The molecule has 0 aliphatic heterocycles. The molecule has 0 heterocycles. The third kappa shape index (κ3) is 5.47. The number of nitrogens with one attached hydrogen (secondary N) is 1. The van der Waals surface area contributed by atoms with Crippen LogP contribution in [-0.4, -0.2) is 31.6 Å². The lowest BCUT2D eigenvalue weighted by Crippen LogP contribution is -2.22. The van der Waals surface area contributed by atoms with Gasteiger partial charge in [-0.25, -0.2) is 4.79 Å². The van der Waals surface area contributed by atoms with E-state index in [9.17, 15) is 9.59 Å². The maximum atomic E-state index is 12.2. The second kappa shape index (κ2) is 9.42. The van der Waals surface area contributed by atoms with Crippen LogP contribution in [0.15, 0.2) is 36.4 Å². The third-order valence-electron chi connectivity index (χ3n) is 4.26. The van der Waals surface area contributed by atoms with E-state index in [1.165, 1.54) is 0 Å². The minimum Gasteiger partial charge on any atom is -0.452 e. The van der Waals surface area contributed by atoms with Crippen LogP contribution in [-0.2, 0) is 9.53 Å². The van der Waals surface area contributed by atoms with E-state index in [0.717, 1.165) is 29.9 Å². The van der Waals surface area contributed by atoms with Crippen LogP contribution >= 0.6 is 11.6 Å². The fraction of sp³-hybridized carbons (Fsp3) is 0.333. The lowest BCUT2D eigenvalue weighted by atomic mass is 10.1. The molecular weight excluding hydrogens is 364 g/mol. The van der Waals surface area contributed by atoms with Crippen LogP contribution in [0.4, 0.5) is 11.4 Å². The highest BCUT2D eigenvalue weighted by molar-refractivity contribution is 6.34. The second-order valence-electron chi connectivity index (χ2n) is 6.28. The van der Waals surface area contributed by atoms with Gasteiger partial charge in [0.2, 0.25) is 0 Å². The molecule has 27 heavy (non-hydrogen) atoms. The summed E-state index contributed by atoms with van der Waals surface area (Å²) in [7, 11) is 0. The van der Waals surface area contributed by atoms with E-state index in [4.69, 9.17) is 16.3 Å². The van der Waals surface area contributed by atoms with Gasteiger partial charge in [0.1, 0.15) is 0 Å². The van der Waals surface area contributed by atoms with Crippen molar-refractivity contribution in [1.29, 1.82) is 0 Å². The van der Waals surface area contributed by atoms with E-state index in [1.807, 2.05) is 32.0 Å². The molecule has 0 aliphatic carbocycles. The molecule has 0 saturated heterocycles. The number of anilines is 2. The van der Waals surface area contributed by atoms with Gasteiger partial charge in [-0.15, -0.1) is 0 Å². The largest absolute Gasteiger partial charge is 0.452 e. The Bertz CT molecular complexity index is 792. The van der Waals surface area contributed by atoms with Gasteiger partial charge in [0.15, 0.2) is 6.61 Å². The standard InChI is InChI=1S/C21H25ClN2O3/c1-5-24(6-2)17-9-7-16(8-10-17)21(26)27-13-19(25)23-20-15(4)11-14(3)12-18(20)22/h7-12H,5-6,13H2,1-4H3,(H,23,25). The number of carbonyl (C=O) groups is 2. The highest BCUT2D eigenvalue weighted by Crippen LogP contribution is 2.27. The topological polar surface area (TPSA) is 58.6 Å². The van der Waals surface area contributed by atoms with Crippen molar-refractivity contribution >= 4 is 34.9 Å². The van der Waals surface area contributed by atoms with Gasteiger partial charge in [-0.2, -0.15) is 0 Å². The van der Waals surface area contributed by atoms with Gasteiger partial charge in [0.25, 0.3) is 5.91 Å². The first-order valence-corrected chi connectivity index (χ1v) is 9.32. The number of hydrogen-bond acceptors (Lipinski definition) is 4. The number of benzene rings is 2.